The number of ether oxygens (including phenoxy) is 1. The van der Waals surface area contributed by atoms with Gasteiger partial charge in [-0.2, -0.15) is 0 Å². The van der Waals surface area contributed by atoms with E-state index in [1.807, 2.05) is 19.9 Å². The van der Waals surface area contributed by atoms with Crippen molar-refractivity contribution in [1.29, 1.82) is 0 Å². The number of aryl methyl sites for hydroxylation is 1. The lowest BCUT2D eigenvalue weighted by Crippen LogP contribution is -2.36. The van der Waals surface area contributed by atoms with Crippen molar-refractivity contribution in [3.8, 4) is 0 Å². The third-order valence-electron chi connectivity index (χ3n) is 3.60. The summed E-state index contributed by atoms with van der Waals surface area (Å²) >= 11 is 0. The van der Waals surface area contributed by atoms with E-state index in [0.717, 1.165) is 5.56 Å². The van der Waals surface area contributed by atoms with Crippen LogP contribution in [0.5, 0.6) is 0 Å². The van der Waals surface area contributed by atoms with Gasteiger partial charge in [0, 0.05) is 5.56 Å². The van der Waals surface area contributed by atoms with Crippen LogP contribution in [0.2, 0.25) is 0 Å². The van der Waals surface area contributed by atoms with E-state index in [0.29, 0.717) is 23.4 Å². The number of amidine groups is 1. The second kappa shape index (κ2) is 5.07. The number of nitrogens with one attached hydrogen (secondary N) is 1. The highest BCUT2D eigenvalue weighted by molar-refractivity contribution is 6.18. The Hall–Kier alpha value is -2.17. The third kappa shape index (κ3) is 2.31. The first kappa shape index (κ1) is 14.2. The highest BCUT2D eigenvalue weighted by Crippen LogP contribution is 2.24. The average Bonchev–Trinajstić information content (AvgIpc) is 2.74. The van der Waals surface area contributed by atoms with Crippen molar-refractivity contribution in [3.63, 3.8) is 0 Å². The molecule has 0 spiro atoms. The molecular formula is C15H18N2O3. The van der Waals surface area contributed by atoms with Crippen molar-refractivity contribution >= 4 is 17.7 Å². The van der Waals surface area contributed by atoms with Gasteiger partial charge in [0.05, 0.1) is 12.7 Å². The van der Waals surface area contributed by atoms with Crippen LogP contribution in [0.3, 0.4) is 0 Å². The first-order valence-corrected chi connectivity index (χ1v) is 6.52. The molecule has 5 heteroatoms. The van der Waals surface area contributed by atoms with Crippen LogP contribution in [-0.2, 0) is 9.53 Å². The maximum atomic E-state index is 12.0. The fourth-order valence-corrected chi connectivity index (χ4v) is 2.08. The lowest BCUT2D eigenvalue weighted by Gasteiger charge is -2.13. The number of carbonyl (C=O) groups is 2. The summed E-state index contributed by atoms with van der Waals surface area (Å²) in [6, 6.07) is 5.39. The average molecular weight is 274 g/mol. The van der Waals surface area contributed by atoms with Gasteiger partial charge in [0.25, 0.3) is 5.91 Å². The van der Waals surface area contributed by atoms with Crippen molar-refractivity contribution in [1.82, 2.24) is 5.32 Å². The van der Waals surface area contributed by atoms with E-state index in [1.54, 1.807) is 19.1 Å². The van der Waals surface area contributed by atoms with Gasteiger partial charge in [0.1, 0.15) is 11.4 Å². The first-order chi connectivity index (χ1) is 9.41. The van der Waals surface area contributed by atoms with E-state index in [9.17, 15) is 9.59 Å². The number of hydrogen-bond acceptors (Lipinski definition) is 4. The summed E-state index contributed by atoms with van der Waals surface area (Å²) in [4.78, 5) is 28.3. The Kier molecular flexibility index (Phi) is 3.61. The molecule has 1 aliphatic rings. The highest BCUT2D eigenvalue weighted by Gasteiger charge is 2.38. The van der Waals surface area contributed by atoms with Crippen molar-refractivity contribution in [2.45, 2.75) is 32.7 Å². The van der Waals surface area contributed by atoms with Crippen LogP contribution in [0.15, 0.2) is 23.2 Å². The Bertz CT molecular complexity index is 607. The molecule has 1 atom stereocenters. The molecule has 2 rings (SSSR count). The van der Waals surface area contributed by atoms with Crippen molar-refractivity contribution in [2.24, 2.45) is 4.99 Å². The summed E-state index contributed by atoms with van der Waals surface area (Å²) in [5.74, 6) is -0.156. The zero-order chi connectivity index (χ0) is 14.9. The van der Waals surface area contributed by atoms with Crippen LogP contribution in [0.4, 0.5) is 0 Å². The molecule has 1 aromatic rings. The van der Waals surface area contributed by atoms with E-state index in [1.165, 1.54) is 7.11 Å². The molecule has 0 fully saturated rings. The highest BCUT2D eigenvalue weighted by atomic mass is 16.5. The van der Waals surface area contributed by atoms with Crippen LogP contribution in [0.1, 0.15) is 41.8 Å². The van der Waals surface area contributed by atoms with E-state index in [4.69, 9.17) is 4.74 Å². The molecule has 20 heavy (non-hydrogen) atoms. The molecule has 0 aliphatic carbocycles. The van der Waals surface area contributed by atoms with Gasteiger partial charge in [-0.15, -0.1) is 0 Å². The molecule has 1 aliphatic heterocycles. The van der Waals surface area contributed by atoms with Gasteiger partial charge in [-0.25, -0.2) is 4.79 Å². The number of aliphatic imine (C=N–C) groups is 1. The second-order valence-electron chi connectivity index (χ2n) is 5.08. The van der Waals surface area contributed by atoms with Crippen LogP contribution in [0, 0.1) is 6.92 Å². The Morgan fingerprint density at radius 1 is 1.45 bits per heavy atom. The Balaban J connectivity index is 2.52. The predicted molar refractivity (Wildman–Crippen MR) is 75.9 cm³/mol. The minimum Gasteiger partial charge on any atom is -0.465 e. The molecule has 0 saturated carbocycles. The quantitative estimate of drug-likeness (QED) is 0.855. The number of rotatable bonds is 3. The second-order valence-corrected chi connectivity index (χ2v) is 5.08. The number of benzene rings is 1. The van der Waals surface area contributed by atoms with Gasteiger partial charge in [-0.3, -0.25) is 9.79 Å². The summed E-state index contributed by atoms with van der Waals surface area (Å²) < 4.78 is 4.79. The monoisotopic (exact) mass is 274 g/mol. The number of methoxy groups -OCH3 is 1. The van der Waals surface area contributed by atoms with Crippen molar-refractivity contribution in [3.05, 3.63) is 34.9 Å². The number of nitrogens with zero attached hydrogens (tertiary/aromatic N) is 1. The summed E-state index contributed by atoms with van der Waals surface area (Å²) in [7, 11) is 1.33. The molecule has 0 aromatic heterocycles. The molecule has 1 heterocycles. The van der Waals surface area contributed by atoms with E-state index < -0.39 is 11.5 Å². The minimum atomic E-state index is -0.770. The van der Waals surface area contributed by atoms with Crippen LogP contribution < -0.4 is 5.32 Å². The van der Waals surface area contributed by atoms with Crippen LogP contribution in [-0.4, -0.2) is 30.4 Å². The zero-order valence-corrected chi connectivity index (χ0v) is 12.1. The zero-order valence-electron chi connectivity index (χ0n) is 12.1. The number of esters is 1. The van der Waals surface area contributed by atoms with Gasteiger partial charge in [0.2, 0.25) is 0 Å². The topological polar surface area (TPSA) is 67.8 Å². The fraction of sp³-hybridized carbons (Fsp3) is 0.400. The first-order valence-electron chi connectivity index (χ1n) is 6.52. The van der Waals surface area contributed by atoms with Gasteiger partial charge in [0.15, 0.2) is 0 Å². The minimum absolute atomic E-state index is 0.147. The largest absolute Gasteiger partial charge is 0.465 e. The third-order valence-corrected chi connectivity index (χ3v) is 3.60. The molecular weight excluding hydrogens is 256 g/mol. The number of amides is 1. The molecule has 0 saturated heterocycles. The van der Waals surface area contributed by atoms with Gasteiger partial charge >= 0.3 is 5.97 Å². The van der Waals surface area contributed by atoms with Crippen molar-refractivity contribution < 1.29 is 14.3 Å². The standard InChI is InChI=1S/C15H18N2O3/c1-5-15(3)14(19)16-12(17-15)10-7-6-9(2)8-11(10)13(18)20-4/h6-8H,5H2,1-4H3,(H,16,17,19). The van der Waals surface area contributed by atoms with Gasteiger partial charge < -0.3 is 10.1 Å². The molecule has 0 bridgehead atoms. The van der Waals surface area contributed by atoms with E-state index in [-0.39, 0.29) is 5.91 Å². The summed E-state index contributed by atoms with van der Waals surface area (Å²) in [5.41, 5.74) is 1.17. The lowest BCUT2D eigenvalue weighted by molar-refractivity contribution is -0.123. The molecule has 1 N–H and O–H groups in total. The molecule has 106 valence electrons. The molecule has 1 amide bonds. The summed E-state index contributed by atoms with van der Waals surface area (Å²) in [5, 5.41) is 2.75. The van der Waals surface area contributed by atoms with Crippen LogP contribution >= 0.6 is 0 Å². The maximum absolute atomic E-state index is 12.0. The van der Waals surface area contributed by atoms with Gasteiger partial charge in [-0.05, 0) is 26.3 Å². The predicted octanol–water partition coefficient (Wildman–Crippen LogP) is 1.83. The molecule has 5 nitrogen and oxygen atoms in total. The van der Waals surface area contributed by atoms with E-state index in [2.05, 4.69) is 10.3 Å². The van der Waals surface area contributed by atoms with E-state index >= 15 is 0 Å². The molecule has 1 aromatic carbocycles. The Morgan fingerprint density at radius 2 is 2.15 bits per heavy atom. The Morgan fingerprint density at radius 3 is 2.70 bits per heavy atom. The molecule has 1 unspecified atom stereocenters. The maximum Gasteiger partial charge on any atom is 0.338 e. The van der Waals surface area contributed by atoms with Crippen molar-refractivity contribution in [2.75, 3.05) is 7.11 Å². The normalized spacial score (nSPS) is 21.4. The fourth-order valence-electron chi connectivity index (χ4n) is 2.08. The summed E-state index contributed by atoms with van der Waals surface area (Å²) in [6.45, 7) is 5.57. The number of hydrogen-bond donors (Lipinski definition) is 1. The number of carbonyl (C=O) groups excluding carboxylic acids is 2. The lowest BCUT2D eigenvalue weighted by atomic mass is 10.0. The summed E-state index contributed by atoms with van der Waals surface area (Å²) in [6.07, 6.45) is 0.599. The smallest absolute Gasteiger partial charge is 0.338 e. The SMILES string of the molecule is CCC1(C)N=C(c2ccc(C)cc2C(=O)OC)NC1=O. The van der Waals surface area contributed by atoms with Gasteiger partial charge in [-0.1, -0.05) is 24.6 Å². The Labute approximate surface area is 118 Å². The van der Waals surface area contributed by atoms with Crippen LogP contribution in [0.25, 0.3) is 0 Å². The molecule has 0 radical (unpaired) electrons.